The standard InChI is InChI=1S/C21H18BrNO5S2/c1-11-4-5-15(12(2)6-11)23-20(26)17(30-21(23)29)9-13-7-14(22)19(16(8-13)27-3)28-10-18(24)25/h4-9H,10H2,1-3H3,(H,24,25)/b17-9+. The fourth-order valence-corrected chi connectivity index (χ4v) is 4.84. The van der Waals surface area contributed by atoms with Crippen LogP contribution in [-0.2, 0) is 9.59 Å². The SMILES string of the molecule is COc1cc(/C=C2/SC(=S)N(c3ccc(C)cc3C)C2=O)cc(Br)c1OCC(=O)O. The molecule has 1 aliphatic heterocycles. The third-order valence-electron chi connectivity index (χ3n) is 4.28. The first-order valence-corrected chi connectivity index (χ1v) is 10.8. The minimum atomic E-state index is -1.09. The number of halogens is 1. The predicted molar refractivity (Wildman–Crippen MR) is 125 cm³/mol. The molecule has 2 aromatic rings. The van der Waals surface area contributed by atoms with Crippen LogP contribution in [0.3, 0.4) is 0 Å². The van der Waals surface area contributed by atoms with Crippen LogP contribution >= 0.6 is 39.9 Å². The molecule has 1 N–H and O–H groups in total. The molecular formula is C21H18BrNO5S2. The van der Waals surface area contributed by atoms with E-state index in [2.05, 4.69) is 15.9 Å². The van der Waals surface area contributed by atoms with Crippen molar-refractivity contribution >= 4 is 67.9 Å². The summed E-state index contributed by atoms with van der Waals surface area (Å²) < 4.78 is 11.6. The van der Waals surface area contributed by atoms with E-state index in [9.17, 15) is 9.59 Å². The molecule has 156 valence electrons. The molecule has 0 aromatic heterocycles. The van der Waals surface area contributed by atoms with Crippen LogP contribution in [-0.4, -0.2) is 35.0 Å². The Kier molecular flexibility index (Phi) is 6.84. The molecule has 1 amide bonds. The Hall–Kier alpha value is -2.36. The van der Waals surface area contributed by atoms with Gasteiger partial charge in [0, 0.05) is 0 Å². The molecule has 0 aliphatic carbocycles. The lowest BCUT2D eigenvalue weighted by atomic mass is 10.1. The van der Waals surface area contributed by atoms with E-state index in [1.807, 2.05) is 32.0 Å². The fraction of sp³-hybridized carbons (Fsp3) is 0.190. The van der Waals surface area contributed by atoms with Gasteiger partial charge in [0.15, 0.2) is 22.4 Å². The number of carboxylic acid groups (broad SMARTS) is 1. The van der Waals surface area contributed by atoms with Gasteiger partial charge in [0.2, 0.25) is 0 Å². The van der Waals surface area contributed by atoms with Gasteiger partial charge < -0.3 is 14.6 Å². The van der Waals surface area contributed by atoms with Crippen molar-refractivity contribution in [3.63, 3.8) is 0 Å². The smallest absolute Gasteiger partial charge is 0.341 e. The van der Waals surface area contributed by atoms with Crippen LogP contribution in [0.25, 0.3) is 6.08 Å². The number of rotatable bonds is 6. The summed E-state index contributed by atoms with van der Waals surface area (Å²) >= 11 is 10.1. The Balaban J connectivity index is 1.93. The van der Waals surface area contributed by atoms with Gasteiger partial charge >= 0.3 is 5.97 Å². The third-order valence-corrected chi connectivity index (χ3v) is 6.17. The maximum absolute atomic E-state index is 13.1. The molecule has 1 heterocycles. The Morgan fingerprint density at radius 2 is 2.03 bits per heavy atom. The Labute approximate surface area is 192 Å². The maximum Gasteiger partial charge on any atom is 0.341 e. The second-order valence-corrected chi connectivity index (χ2v) is 9.05. The summed E-state index contributed by atoms with van der Waals surface area (Å²) in [7, 11) is 1.46. The number of benzene rings is 2. The Bertz CT molecular complexity index is 1080. The average molecular weight is 508 g/mol. The number of nitrogens with zero attached hydrogens (tertiary/aromatic N) is 1. The molecule has 1 saturated heterocycles. The quantitative estimate of drug-likeness (QED) is 0.438. The van der Waals surface area contributed by atoms with E-state index in [0.29, 0.717) is 25.0 Å². The summed E-state index contributed by atoms with van der Waals surface area (Å²) in [6.07, 6.45) is 1.72. The Morgan fingerprint density at radius 3 is 2.67 bits per heavy atom. The number of anilines is 1. The zero-order chi connectivity index (χ0) is 22.0. The summed E-state index contributed by atoms with van der Waals surface area (Å²) in [6.45, 7) is 3.45. The topological polar surface area (TPSA) is 76.1 Å². The van der Waals surface area contributed by atoms with E-state index in [1.165, 1.54) is 23.8 Å². The number of carbonyl (C=O) groups is 2. The molecule has 1 fully saturated rings. The van der Waals surface area contributed by atoms with Gasteiger partial charge in [-0.3, -0.25) is 9.69 Å². The molecule has 0 atom stereocenters. The number of carbonyl (C=O) groups excluding carboxylic acids is 1. The highest BCUT2D eigenvalue weighted by atomic mass is 79.9. The van der Waals surface area contributed by atoms with E-state index in [0.717, 1.165) is 16.8 Å². The number of carboxylic acids is 1. The molecule has 3 rings (SSSR count). The van der Waals surface area contributed by atoms with Crippen molar-refractivity contribution in [1.29, 1.82) is 0 Å². The number of thioether (sulfide) groups is 1. The lowest BCUT2D eigenvalue weighted by Gasteiger charge is -2.17. The number of hydrogen-bond acceptors (Lipinski definition) is 6. The molecule has 0 radical (unpaired) electrons. The van der Waals surface area contributed by atoms with Gasteiger partial charge in [-0.2, -0.15) is 0 Å². The van der Waals surface area contributed by atoms with Crippen LogP contribution in [0.5, 0.6) is 11.5 Å². The van der Waals surface area contributed by atoms with E-state index in [1.54, 1.807) is 18.2 Å². The van der Waals surface area contributed by atoms with E-state index >= 15 is 0 Å². The molecule has 30 heavy (non-hydrogen) atoms. The van der Waals surface area contributed by atoms with Gasteiger partial charge in [-0.15, -0.1) is 0 Å². The molecule has 1 aliphatic rings. The first kappa shape index (κ1) is 22.3. The lowest BCUT2D eigenvalue weighted by Crippen LogP contribution is -2.28. The molecule has 0 unspecified atom stereocenters. The van der Waals surface area contributed by atoms with Gasteiger partial charge in [0.1, 0.15) is 0 Å². The van der Waals surface area contributed by atoms with Gasteiger partial charge in [-0.25, -0.2) is 4.79 Å². The van der Waals surface area contributed by atoms with Gasteiger partial charge in [-0.1, -0.05) is 41.7 Å². The Morgan fingerprint density at radius 1 is 1.30 bits per heavy atom. The zero-order valence-electron chi connectivity index (χ0n) is 16.4. The first-order chi connectivity index (χ1) is 14.2. The maximum atomic E-state index is 13.1. The molecular weight excluding hydrogens is 490 g/mol. The van der Waals surface area contributed by atoms with Gasteiger partial charge in [0.25, 0.3) is 5.91 Å². The summed E-state index contributed by atoms with van der Waals surface area (Å²) in [5.41, 5.74) is 3.53. The summed E-state index contributed by atoms with van der Waals surface area (Å²) in [5, 5.41) is 8.83. The van der Waals surface area contributed by atoms with Crippen LogP contribution in [0.4, 0.5) is 5.69 Å². The van der Waals surface area contributed by atoms with E-state index in [-0.39, 0.29) is 11.7 Å². The fourth-order valence-electron chi connectivity index (χ4n) is 2.98. The summed E-state index contributed by atoms with van der Waals surface area (Å²) in [4.78, 5) is 25.9. The van der Waals surface area contributed by atoms with E-state index in [4.69, 9.17) is 26.8 Å². The number of aryl methyl sites for hydroxylation is 2. The van der Waals surface area contributed by atoms with Crippen LogP contribution in [0.1, 0.15) is 16.7 Å². The highest BCUT2D eigenvalue weighted by Crippen LogP contribution is 2.40. The number of hydrogen-bond donors (Lipinski definition) is 1. The number of aliphatic carboxylic acids is 1. The highest BCUT2D eigenvalue weighted by molar-refractivity contribution is 9.10. The molecule has 0 spiro atoms. The largest absolute Gasteiger partial charge is 0.493 e. The van der Waals surface area contributed by atoms with Gasteiger partial charge in [0.05, 0.1) is 22.2 Å². The predicted octanol–water partition coefficient (Wildman–Crippen LogP) is 4.94. The molecule has 6 nitrogen and oxygen atoms in total. The number of methoxy groups -OCH3 is 1. The second kappa shape index (κ2) is 9.20. The minimum Gasteiger partial charge on any atom is -0.493 e. The molecule has 2 aromatic carbocycles. The number of ether oxygens (including phenoxy) is 2. The van der Waals surface area contributed by atoms with Crippen molar-refractivity contribution in [2.45, 2.75) is 13.8 Å². The lowest BCUT2D eigenvalue weighted by molar-refractivity contribution is -0.139. The van der Waals surface area contributed by atoms with Crippen molar-refractivity contribution in [3.8, 4) is 11.5 Å². The first-order valence-electron chi connectivity index (χ1n) is 8.78. The number of thiocarbonyl (C=S) groups is 1. The van der Waals surface area contributed by atoms with Crippen molar-refractivity contribution in [1.82, 2.24) is 0 Å². The second-order valence-electron chi connectivity index (χ2n) is 6.52. The molecule has 0 bridgehead atoms. The third kappa shape index (κ3) is 4.69. The van der Waals surface area contributed by atoms with E-state index < -0.39 is 12.6 Å². The average Bonchev–Trinajstić information content (AvgIpc) is 2.94. The number of amides is 1. The van der Waals surface area contributed by atoms with Gasteiger partial charge in [-0.05, 0) is 65.2 Å². The van der Waals surface area contributed by atoms with Crippen molar-refractivity contribution in [2.24, 2.45) is 0 Å². The van der Waals surface area contributed by atoms with Crippen LogP contribution in [0.2, 0.25) is 0 Å². The molecule has 0 saturated carbocycles. The van der Waals surface area contributed by atoms with Crippen molar-refractivity contribution in [2.75, 3.05) is 18.6 Å². The minimum absolute atomic E-state index is 0.196. The van der Waals surface area contributed by atoms with Crippen LogP contribution in [0, 0.1) is 13.8 Å². The monoisotopic (exact) mass is 507 g/mol. The highest BCUT2D eigenvalue weighted by Gasteiger charge is 2.34. The van der Waals surface area contributed by atoms with Crippen LogP contribution < -0.4 is 14.4 Å². The van der Waals surface area contributed by atoms with Crippen molar-refractivity contribution < 1.29 is 24.2 Å². The zero-order valence-corrected chi connectivity index (χ0v) is 19.6. The summed E-state index contributed by atoms with van der Waals surface area (Å²) in [6, 6.07) is 9.25. The molecule has 9 heteroatoms. The van der Waals surface area contributed by atoms with Crippen LogP contribution in [0.15, 0.2) is 39.7 Å². The summed E-state index contributed by atoms with van der Waals surface area (Å²) in [5.74, 6) is -0.664. The van der Waals surface area contributed by atoms with Crippen molar-refractivity contribution in [3.05, 3.63) is 56.4 Å². The normalized spacial score (nSPS) is 15.1.